The summed E-state index contributed by atoms with van der Waals surface area (Å²) in [7, 11) is 0. The molecule has 112 valence electrons. The number of rotatable bonds is 3. The molecule has 0 aliphatic carbocycles. The van der Waals surface area contributed by atoms with Crippen LogP contribution in [0.15, 0.2) is 36.4 Å². The van der Waals surface area contributed by atoms with Gasteiger partial charge in [0, 0.05) is 6.54 Å². The van der Waals surface area contributed by atoms with Gasteiger partial charge in [0.25, 0.3) is 0 Å². The SMILES string of the molecule is Cc1ccc(CNC(=O)Nc2ccc(F)cc2C#N)c(C)c1. The number of hydrogen-bond donors (Lipinski definition) is 2. The average molecular weight is 297 g/mol. The maximum atomic E-state index is 13.0. The van der Waals surface area contributed by atoms with Gasteiger partial charge in [0.15, 0.2) is 0 Å². The van der Waals surface area contributed by atoms with Crippen molar-refractivity contribution in [1.29, 1.82) is 5.26 Å². The molecule has 0 aromatic heterocycles. The zero-order valence-corrected chi connectivity index (χ0v) is 12.4. The Bertz CT molecular complexity index is 750. The first-order valence-corrected chi connectivity index (χ1v) is 6.80. The van der Waals surface area contributed by atoms with E-state index in [1.165, 1.54) is 12.1 Å². The van der Waals surface area contributed by atoms with Crippen molar-refractivity contribution in [3.63, 3.8) is 0 Å². The lowest BCUT2D eigenvalue weighted by molar-refractivity contribution is 0.251. The number of urea groups is 1. The highest BCUT2D eigenvalue weighted by Crippen LogP contribution is 2.16. The molecule has 0 radical (unpaired) electrons. The van der Waals surface area contributed by atoms with Crippen LogP contribution in [0.2, 0.25) is 0 Å². The third-order valence-corrected chi connectivity index (χ3v) is 3.29. The molecule has 2 aromatic rings. The predicted octanol–water partition coefficient (Wildman–Crippen LogP) is 3.64. The Morgan fingerprint density at radius 1 is 1.23 bits per heavy atom. The number of benzene rings is 2. The summed E-state index contributed by atoms with van der Waals surface area (Å²) >= 11 is 0. The van der Waals surface area contributed by atoms with Crippen molar-refractivity contribution >= 4 is 11.7 Å². The van der Waals surface area contributed by atoms with E-state index in [9.17, 15) is 9.18 Å². The number of nitrogens with zero attached hydrogens (tertiary/aromatic N) is 1. The Labute approximate surface area is 128 Å². The van der Waals surface area contributed by atoms with E-state index in [0.717, 1.165) is 22.8 Å². The van der Waals surface area contributed by atoms with Gasteiger partial charge in [0.1, 0.15) is 11.9 Å². The zero-order valence-electron chi connectivity index (χ0n) is 12.4. The van der Waals surface area contributed by atoms with Crippen LogP contribution in [-0.4, -0.2) is 6.03 Å². The number of amides is 2. The fraction of sp³-hybridized carbons (Fsp3) is 0.176. The zero-order chi connectivity index (χ0) is 16.1. The molecule has 2 rings (SSSR count). The number of hydrogen-bond acceptors (Lipinski definition) is 2. The molecule has 0 aliphatic rings. The Kier molecular flexibility index (Phi) is 4.74. The maximum Gasteiger partial charge on any atom is 0.319 e. The van der Waals surface area contributed by atoms with Gasteiger partial charge in [-0.3, -0.25) is 0 Å². The molecule has 2 aromatic carbocycles. The fourth-order valence-electron chi connectivity index (χ4n) is 2.10. The van der Waals surface area contributed by atoms with Gasteiger partial charge < -0.3 is 10.6 Å². The second-order valence-corrected chi connectivity index (χ2v) is 5.04. The first-order valence-electron chi connectivity index (χ1n) is 6.80. The van der Waals surface area contributed by atoms with Crippen molar-refractivity contribution in [3.8, 4) is 6.07 Å². The van der Waals surface area contributed by atoms with Crippen LogP contribution in [0.1, 0.15) is 22.3 Å². The van der Waals surface area contributed by atoms with E-state index in [-0.39, 0.29) is 11.3 Å². The van der Waals surface area contributed by atoms with Gasteiger partial charge in [-0.1, -0.05) is 23.8 Å². The van der Waals surface area contributed by atoms with Gasteiger partial charge in [-0.15, -0.1) is 0 Å². The average Bonchev–Trinajstić information content (AvgIpc) is 2.48. The minimum atomic E-state index is -0.516. The number of carbonyl (C=O) groups is 1. The lowest BCUT2D eigenvalue weighted by Gasteiger charge is -2.11. The first-order chi connectivity index (χ1) is 10.5. The number of anilines is 1. The van der Waals surface area contributed by atoms with Crippen molar-refractivity contribution in [3.05, 3.63) is 64.5 Å². The molecule has 0 heterocycles. The van der Waals surface area contributed by atoms with E-state index < -0.39 is 11.8 Å². The molecule has 0 unspecified atom stereocenters. The first kappa shape index (κ1) is 15.5. The molecule has 2 amide bonds. The van der Waals surface area contributed by atoms with Crippen molar-refractivity contribution in [2.45, 2.75) is 20.4 Å². The summed E-state index contributed by atoms with van der Waals surface area (Å²) < 4.78 is 13.0. The number of halogens is 1. The lowest BCUT2D eigenvalue weighted by atomic mass is 10.1. The van der Waals surface area contributed by atoms with Crippen LogP contribution >= 0.6 is 0 Å². The predicted molar refractivity (Wildman–Crippen MR) is 82.9 cm³/mol. The Balaban J connectivity index is 2.00. The van der Waals surface area contributed by atoms with E-state index in [2.05, 4.69) is 10.6 Å². The molecule has 0 bridgehead atoms. The fourth-order valence-corrected chi connectivity index (χ4v) is 2.10. The van der Waals surface area contributed by atoms with Crippen molar-refractivity contribution < 1.29 is 9.18 Å². The molecule has 0 fully saturated rings. The standard InChI is InChI=1S/C17H16FN3O/c1-11-3-4-13(12(2)7-11)10-20-17(22)21-16-6-5-15(18)8-14(16)9-19/h3-8H,10H2,1-2H3,(H2,20,21,22). The summed E-state index contributed by atoms with van der Waals surface area (Å²) in [6.45, 7) is 4.37. The molecule has 0 aliphatic heterocycles. The smallest absolute Gasteiger partial charge is 0.319 e. The number of aryl methyl sites for hydroxylation is 2. The summed E-state index contributed by atoms with van der Waals surface area (Å²) in [6.07, 6.45) is 0. The van der Waals surface area contributed by atoms with Crippen molar-refractivity contribution in [1.82, 2.24) is 5.32 Å². The highest BCUT2D eigenvalue weighted by molar-refractivity contribution is 5.90. The van der Waals surface area contributed by atoms with Gasteiger partial charge in [0.2, 0.25) is 0 Å². The van der Waals surface area contributed by atoms with Crippen molar-refractivity contribution in [2.75, 3.05) is 5.32 Å². The molecule has 22 heavy (non-hydrogen) atoms. The summed E-state index contributed by atoms with van der Waals surface area (Å²) in [5, 5.41) is 14.2. The molecule has 0 spiro atoms. The summed E-state index contributed by atoms with van der Waals surface area (Å²) in [4.78, 5) is 11.9. The minimum Gasteiger partial charge on any atom is -0.334 e. The summed E-state index contributed by atoms with van der Waals surface area (Å²) in [5.74, 6) is -0.516. The molecule has 0 saturated heterocycles. The molecule has 0 atom stereocenters. The molecule has 2 N–H and O–H groups in total. The third kappa shape index (κ3) is 3.83. The Morgan fingerprint density at radius 3 is 2.68 bits per heavy atom. The monoisotopic (exact) mass is 297 g/mol. The van der Waals surface area contributed by atoms with Crippen LogP contribution in [-0.2, 0) is 6.54 Å². The van der Waals surface area contributed by atoms with Gasteiger partial charge in [-0.25, -0.2) is 9.18 Å². The molecular formula is C17H16FN3O. The van der Waals surface area contributed by atoms with Gasteiger partial charge >= 0.3 is 6.03 Å². The minimum absolute atomic E-state index is 0.0849. The van der Waals surface area contributed by atoms with Gasteiger partial charge in [-0.2, -0.15) is 5.26 Å². The Morgan fingerprint density at radius 2 is 2.00 bits per heavy atom. The molecule has 4 nitrogen and oxygen atoms in total. The quantitative estimate of drug-likeness (QED) is 0.908. The van der Waals surface area contributed by atoms with Crippen molar-refractivity contribution in [2.24, 2.45) is 0 Å². The Hall–Kier alpha value is -2.87. The third-order valence-electron chi connectivity index (χ3n) is 3.29. The van der Waals surface area contributed by atoms with E-state index in [4.69, 9.17) is 5.26 Å². The van der Waals surface area contributed by atoms with E-state index in [1.807, 2.05) is 38.1 Å². The molecule has 0 saturated carbocycles. The maximum absolute atomic E-state index is 13.0. The summed E-state index contributed by atoms with van der Waals surface area (Å²) in [6, 6.07) is 11.0. The van der Waals surface area contributed by atoms with E-state index >= 15 is 0 Å². The second kappa shape index (κ2) is 6.72. The number of nitriles is 1. The van der Waals surface area contributed by atoms with Gasteiger partial charge in [-0.05, 0) is 43.2 Å². The van der Waals surface area contributed by atoms with Crippen LogP contribution in [0.25, 0.3) is 0 Å². The second-order valence-electron chi connectivity index (χ2n) is 5.04. The highest BCUT2D eigenvalue weighted by Gasteiger charge is 2.08. The lowest BCUT2D eigenvalue weighted by Crippen LogP contribution is -2.28. The highest BCUT2D eigenvalue weighted by atomic mass is 19.1. The van der Waals surface area contributed by atoms with Crippen LogP contribution in [0.5, 0.6) is 0 Å². The molecular weight excluding hydrogens is 281 g/mol. The van der Waals surface area contributed by atoms with E-state index in [0.29, 0.717) is 6.54 Å². The van der Waals surface area contributed by atoms with Gasteiger partial charge in [0.05, 0.1) is 11.3 Å². The number of nitrogens with one attached hydrogen (secondary N) is 2. The van der Waals surface area contributed by atoms with E-state index in [1.54, 1.807) is 0 Å². The normalized spacial score (nSPS) is 9.91. The topological polar surface area (TPSA) is 64.9 Å². The summed E-state index contributed by atoms with van der Waals surface area (Å²) in [5.41, 5.74) is 3.64. The van der Waals surface area contributed by atoms with Crippen LogP contribution in [0.3, 0.4) is 0 Å². The molecule has 5 heteroatoms. The van der Waals surface area contributed by atoms with Crippen LogP contribution in [0.4, 0.5) is 14.9 Å². The largest absolute Gasteiger partial charge is 0.334 e. The van der Waals surface area contributed by atoms with Crippen LogP contribution < -0.4 is 10.6 Å². The van der Waals surface area contributed by atoms with Crippen LogP contribution in [0, 0.1) is 31.0 Å². The number of carbonyl (C=O) groups excluding carboxylic acids is 1.